The fourth-order valence-corrected chi connectivity index (χ4v) is 8.14. The molecule has 0 aromatic heterocycles. The van der Waals surface area contributed by atoms with Crippen molar-refractivity contribution in [2.24, 2.45) is 5.92 Å². The van der Waals surface area contributed by atoms with Gasteiger partial charge in [0.1, 0.15) is 11.8 Å². The third-order valence-corrected chi connectivity index (χ3v) is 11.1. The second-order valence-corrected chi connectivity index (χ2v) is 14.0. The first kappa shape index (κ1) is 36.9. The van der Waals surface area contributed by atoms with E-state index in [1.807, 2.05) is 34.1 Å². The number of halogens is 4. The number of nitrogens with two attached hydrogens (primary N) is 1. The number of likely N-dealkylation sites (tertiary alicyclic amines) is 2. The predicted octanol–water partition coefficient (Wildman–Crippen LogP) is 5.95. The van der Waals surface area contributed by atoms with Crippen molar-refractivity contribution in [1.29, 1.82) is 0 Å². The molecule has 13 heteroatoms. The minimum atomic E-state index is -4.75. The summed E-state index contributed by atoms with van der Waals surface area (Å²) in [6.07, 6.45) is -0.999. The van der Waals surface area contributed by atoms with Crippen LogP contribution in [0.25, 0.3) is 0 Å². The zero-order valence-electron chi connectivity index (χ0n) is 28.4. The third kappa shape index (κ3) is 8.18. The molecule has 9 nitrogen and oxygen atoms in total. The Kier molecular flexibility index (Phi) is 11.8. The van der Waals surface area contributed by atoms with E-state index in [0.29, 0.717) is 64.2 Å². The third-order valence-electron chi connectivity index (χ3n) is 10.8. The van der Waals surface area contributed by atoms with Crippen LogP contribution in [0.15, 0.2) is 36.4 Å². The van der Waals surface area contributed by atoms with Crippen LogP contribution >= 0.6 is 11.6 Å². The van der Waals surface area contributed by atoms with E-state index in [4.69, 9.17) is 17.3 Å². The molecule has 0 radical (unpaired) electrons. The molecule has 3 heterocycles. The number of amides is 3. The highest BCUT2D eigenvalue weighted by molar-refractivity contribution is 6.33. The van der Waals surface area contributed by atoms with E-state index in [1.165, 1.54) is 6.07 Å². The molecule has 3 aliphatic rings. The molecule has 0 bridgehead atoms. The number of hydrogen-bond acceptors (Lipinski definition) is 6. The number of anilines is 2. The predicted molar refractivity (Wildman–Crippen MR) is 186 cm³/mol. The van der Waals surface area contributed by atoms with Gasteiger partial charge in [-0.05, 0) is 80.4 Å². The molecule has 0 spiro atoms. The lowest BCUT2D eigenvalue weighted by Crippen LogP contribution is -2.64. The maximum Gasteiger partial charge on any atom is 0.418 e. The summed E-state index contributed by atoms with van der Waals surface area (Å²) in [5.74, 6) is 0.167. The summed E-state index contributed by atoms with van der Waals surface area (Å²) in [4.78, 5) is 48.5. The fraction of sp³-hybridized carbons (Fsp3) is 0.583. The number of nitrogen functional groups attached to an aromatic ring is 1. The fourth-order valence-electron chi connectivity index (χ4n) is 7.90. The SMILES string of the molecule is CCN(CC)CC1CCN(C(=O)[C@@](CC=O)(Cc2cc(Cl)c(N)c(C(F)(F)F)c2)N2CCC(N3CCc4ccccc4NC3=O)CC2)CC1. The molecular formula is C36H48ClF3N6O3. The first-order chi connectivity index (χ1) is 23.4. The lowest BCUT2D eigenvalue weighted by molar-refractivity contribution is -0.149. The zero-order chi connectivity index (χ0) is 35.3. The minimum Gasteiger partial charge on any atom is -0.397 e. The molecule has 2 aromatic carbocycles. The second-order valence-electron chi connectivity index (χ2n) is 13.6. The van der Waals surface area contributed by atoms with Gasteiger partial charge in [-0.3, -0.25) is 9.69 Å². The van der Waals surface area contributed by atoms with Crippen LogP contribution in [-0.2, 0) is 28.6 Å². The van der Waals surface area contributed by atoms with Gasteiger partial charge in [0.2, 0.25) is 5.91 Å². The van der Waals surface area contributed by atoms with Crippen molar-refractivity contribution in [3.63, 3.8) is 0 Å². The number of fused-ring (bicyclic) bond motifs is 1. The molecule has 5 rings (SSSR count). The van der Waals surface area contributed by atoms with Crippen molar-refractivity contribution in [3.05, 3.63) is 58.1 Å². The summed E-state index contributed by atoms with van der Waals surface area (Å²) in [6.45, 7) is 9.42. The number of carbonyl (C=O) groups excluding carboxylic acids is 3. The van der Waals surface area contributed by atoms with Crippen molar-refractivity contribution in [1.82, 2.24) is 19.6 Å². The van der Waals surface area contributed by atoms with Gasteiger partial charge in [-0.2, -0.15) is 13.2 Å². The molecule has 0 aliphatic carbocycles. The van der Waals surface area contributed by atoms with Gasteiger partial charge < -0.3 is 30.5 Å². The van der Waals surface area contributed by atoms with Crippen molar-refractivity contribution in [3.8, 4) is 0 Å². The summed E-state index contributed by atoms with van der Waals surface area (Å²) in [5, 5.41) is 2.78. The van der Waals surface area contributed by atoms with Crippen LogP contribution in [0.2, 0.25) is 5.02 Å². The van der Waals surface area contributed by atoms with Crippen molar-refractivity contribution < 1.29 is 27.6 Å². The molecule has 3 amide bonds. The number of rotatable bonds is 11. The monoisotopic (exact) mass is 704 g/mol. The van der Waals surface area contributed by atoms with Gasteiger partial charge in [0, 0.05) is 63.8 Å². The standard InChI is InChI=1S/C36H48ClF3N6O3/c1-3-43(4-2)24-25-9-15-44(16-10-25)33(48)35(14-20-47,23-26-21-29(36(38,39)40)32(41)30(37)22-26)45-17-12-28(13-18-45)46-19-11-27-7-5-6-8-31(27)42-34(46)49/h5-8,20-22,25,28H,3-4,9-19,23-24,41H2,1-2H3,(H,42,49)/t35-/m1/s1. The average molecular weight is 705 g/mol. The van der Waals surface area contributed by atoms with Crippen molar-refractivity contribution in [2.75, 3.05) is 63.4 Å². The Morgan fingerprint density at radius 1 is 1.04 bits per heavy atom. The van der Waals surface area contributed by atoms with Crippen LogP contribution < -0.4 is 11.1 Å². The summed E-state index contributed by atoms with van der Waals surface area (Å²) >= 11 is 6.24. The summed E-state index contributed by atoms with van der Waals surface area (Å²) in [6, 6.07) is 9.77. The van der Waals surface area contributed by atoms with Gasteiger partial charge in [-0.15, -0.1) is 0 Å². The maximum absolute atomic E-state index is 14.8. The van der Waals surface area contributed by atoms with E-state index in [9.17, 15) is 27.6 Å². The highest BCUT2D eigenvalue weighted by Crippen LogP contribution is 2.40. The van der Waals surface area contributed by atoms with Gasteiger partial charge in [-0.25, -0.2) is 4.79 Å². The highest BCUT2D eigenvalue weighted by Gasteiger charge is 2.49. The Labute approximate surface area is 291 Å². The average Bonchev–Trinajstić information content (AvgIpc) is 3.26. The van der Waals surface area contributed by atoms with Crippen LogP contribution in [0.1, 0.15) is 62.6 Å². The van der Waals surface area contributed by atoms with Gasteiger partial charge in [-0.1, -0.05) is 43.6 Å². The van der Waals surface area contributed by atoms with Crippen LogP contribution in [0, 0.1) is 5.92 Å². The van der Waals surface area contributed by atoms with Crippen molar-refractivity contribution >= 4 is 41.2 Å². The number of nitrogens with one attached hydrogen (secondary N) is 1. The van der Waals surface area contributed by atoms with Crippen LogP contribution in [0.4, 0.5) is 29.3 Å². The van der Waals surface area contributed by atoms with Crippen molar-refractivity contribution in [2.45, 2.75) is 76.6 Å². The number of urea groups is 1. The summed E-state index contributed by atoms with van der Waals surface area (Å²) in [7, 11) is 0. The molecule has 0 saturated carbocycles. The smallest absolute Gasteiger partial charge is 0.397 e. The number of para-hydroxylation sites is 1. The molecular weight excluding hydrogens is 657 g/mol. The maximum atomic E-state index is 14.8. The number of alkyl halides is 3. The molecule has 0 unspecified atom stereocenters. The summed E-state index contributed by atoms with van der Waals surface area (Å²) < 4.78 is 42.1. The van der Waals surface area contributed by atoms with Gasteiger partial charge >= 0.3 is 12.2 Å². The Morgan fingerprint density at radius 3 is 2.35 bits per heavy atom. The first-order valence-corrected chi connectivity index (χ1v) is 17.8. The van der Waals surface area contributed by atoms with E-state index in [-0.39, 0.29) is 41.4 Å². The molecule has 3 aliphatic heterocycles. The van der Waals surface area contributed by atoms with Crippen LogP contribution in [0.3, 0.4) is 0 Å². The second kappa shape index (κ2) is 15.7. The molecule has 1 atom stereocenters. The topological polar surface area (TPSA) is 102 Å². The normalized spacial score (nSPS) is 19.7. The van der Waals surface area contributed by atoms with E-state index in [2.05, 4.69) is 24.1 Å². The minimum absolute atomic E-state index is 0.104. The quantitative estimate of drug-likeness (QED) is 0.222. The molecule has 49 heavy (non-hydrogen) atoms. The molecule has 268 valence electrons. The Hall–Kier alpha value is -3.35. The number of carbonyl (C=O) groups is 3. The number of benzene rings is 2. The van der Waals surface area contributed by atoms with E-state index < -0.39 is 23.0 Å². The number of piperidine rings is 2. The van der Waals surface area contributed by atoms with Gasteiger partial charge in [0.15, 0.2) is 0 Å². The van der Waals surface area contributed by atoms with Crippen LogP contribution in [-0.4, -0.2) is 102 Å². The lowest BCUT2D eigenvalue weighted by Gasteiger charge is -2.49. The van der Waals surface area contributed by atoms with E-state index in [1.54, 1.807) is 4.90 Å². The molecule has 2 fully saturated rings. The Morgan fingerprint density at radius 2 is 1.71 bits per heavy atom. The Bertz CT molecular complexity index is 1490. The molecule has 2 saturated heterocycles. The lowest BCUT2D eigenvalue weighted by atomic mass is 9.81. The number of nitrogens with zero attached hydrogens (tertiary/aromatic N) is 4. The Balaban J connectivity index is 1.41. The zero-order valence-corrected chi connectivity index (χ0v) is 29.2. The first-order valence-electron chi connectivity index (χ1n) is 17.4. The summed E-state index contributed by atoms with van der Waals surface area (Å²) in [5.41, 5.74) is 4.73. The van der Waals surface area contributed by atoms with Crippen LogP contribution in [0.5, 0.6) is 0 Å². The van der Waals surface area contributed by atoms with Gasteiger partial charge in [0.25, 0.3) is 0 Å². The molecule has 2 aromatic rings. The van der Waals surface area contributed by atoms with E-state index >= 15 is 0 Å². The molecule has 3 N–H and O–H groups in total. The number of hydrogen-bond donors (Lipinski definition) is 2. The van der Waals surface area contributed by atoms with Gasteiger partial charge in [0.05, 0.1) is 16.3 Å². The largest absolute Gasteiger partial charge is 0.418 e. The van der Waals surface area contributed by atoms with E-state index in [0.717, 1.165) is 49.8 Å². The highest BCUT2D eigenvalue weighted by atomic mass is 35.5. The number of aldehydes is 1.